The van der Waals surface area contributed by atoms with E-state index in [4.69, 9.17) is 0 Å². The smallest absolute Gasteiger partial charge is 0.202 e. The summed E-state index contributed by atoms with van der Waals surface area (Å²) in [6.07, 6.45) is 1.48. The standard InChI is InChI=1S/C20H22FN3OS/c1-20(2,15-6-8-16(21)9-7-15)10-11-22-19-23-18(24-26-19)13-14-4-3-5-17(25)12-14/h3-9,12,25H,10-11,13H2,1-2H3,(H,22,23,24). The molecule has 0 radical (unpaired) electrons. The molecule has 0 saturated heterocycles. The van der Waals surface area contributed by atoms with Gasteiger partial charge < -0.3 is 10.4 Å². The lowest BCUT2D eigenvalue weighted by molar-refractivity contribution is 0.474. The van der Waals surface area contributed by atoms with Crippen molar-refractivity contribution in [1.82, 2.24) is 9.36 Å². The molecule has 4 nitrogen and oxygen atoms in total. The molecule has 0 fully saturated rings. The predicted octanol–water partition coefficient (Wildman–Crippen LogP) is 4.75. The number of aromatic hydroxyl groups is 1. The first-order valence-electron chi connectivity index (χ1n) is 8.53. The minimum absolute atomic E-state index is 0.0597. The second kappa shape index (κ2) is 7.83. The molecule has 2 aromatic carbocycles. The molecule has 6 heteroatoms. The van der Waals surface area contributed by atoms with Gasteiger partial charge in [0, 0.05) is 24.5 Å². The number of rotatable bonds is 7. The number of nitrogens with zero attached hydrogens (tertiary/aromatic N) is 2. The van der Waals surface area contributed by atoms with Crippen molar-refractivity contribution in [3.05, 3.63) is 71.3 Å². The zero-order valence-corrected chi connectivity index (χ0v) is 15.7. The minimum atomic E-state index is -0.212. The van der Waals surface area contributed by atoms with Crippen LogP contribution in [0, 0.1) is 5.82 Å². The van der Waals surface area contributed by atoms with Gasteiger partial charge in [-0.2, -0.15) is 4.37 Å². The second-order valence-corrected chi connectivity index (χ2v) is 7.68. The van der Waals surface area contributed by atoms with Crippen molar-refractivity contribution in [1.29, 1.82) is 0 Å². The molecule has 1 heterocycles. The summed E-state index contributed by atoms with van der Waals surface area (Å²) in [7, 11) is 0. The van der Waals surface area contributed by atoms with E-state index in [9.17, 15) is 9.50 Å². The van der Waals surface area contributed by atoms with Gasteiger partial charge in [-0.25, -0.2) is 9.37 Å². The molecular weight excluding hydrogens is 349 g/mol. The van der Waals surface area contributed by atoms with E-state index >= 15 is 0 Å². The van der Waals surface area contributed by atoms with Gasteiger partial charge in [-0.15, -0.1) is 0 Å². The Labute approximate surface area is 156 Å². The lowest BCUT2D eigenvalue weighted by atomic mass is 9.81. The van der Waals surface area contributed by atoms with E-state index in [-0.39, 0.29) is 17.0 Å². The predicted molar refractivity (Wildman–Crippen MR) is 103 cm³/mol. The lowest BCUT2D eigenvalue weighted by Gasteiger charge is -2.25. The van der Waals surface area contributed by atoms with Gasteiger partial charge in [0.1, 0.15) is 17.4 Å². The first-order valence-corrected chi connectivity index (χ1v) is 9.30. The summed E-state index contributed by atoms with van der Waals surface area (Å²) in [5, 5.41) is 13.6. The van der Waals surface area contributed by atoms with Crippen LogP contribution in [0.3, 0.4) is 0 Å². The highest BCUT2D eigenvalue weighted by Gasteiger charge is 2.20. The lowest BCUT2D eigenvalue weighted by Crippen LogP contribution is -2.21. The maximum absolute atomic E-state index is 13.1. The van der Waals surface area contributed by atoms with Gasteiger partial charge in [-0.3, -0.25) is 0 Å². The second-order valence-electron chi connectivity index (χ2n) is 6.93. The van der Waals surface area contributed by atoms with E-state index in [1.54, 1.807) is 12.1 Å². The highest BCUT2D eigenvalue weighted by Crippen LogP contribution is 2.27. The van der Waals surface area contributed by atoms with Crippen molar-refractivity contribution in [2.75, 3.05) is 11.9 Å². The van der Waals surface area contributed by atoms with Gasteiger partial charge in [0.05, 0.1) is 0 Å². The van der Waals surface area contributed by atoms with Crippen LogP contribution < -0.4 is 5.32 Å². The number of hydrogen-bond acceptors (Lipinski definition) is 5. The van der Waals surface area contributed by atoms with Crippen molar-refractivity contribution < 1.29 is 9.50 Å². The van der Waals surface area contributed by atoms with Crippen molar-refractivity contribution >= 4 is 16.7 Å². The van der Waals surface area contributed by atoms with Crippen LogP contribution in [0.1, 0.15) is 37.2 Å². The summed E-state index contributed by atoms with van der Waals surface area (Å²) in [6, 6.07) is 13.8. The Balaban J connectivity index is 1.54. The van der Waals surface area contributed by atoms with Crippen molar-refractivity contribution in [3.8, 4) is 5.75 Å². The zero-order valence-electron chi connectivity index (χ0n) is 14.9. The zero-order chi connectivity index (χ0) is 18.6. The molecule has 0 aliphatic rings. The van der Waals surface area contributed by atoms with Crippen LogP contribution in [-0.2, 0) is 11.8 Å². The highest BCUT2D eigenvalue weighted by molar-refractivity contribution is 7.09. The van der Waals surface area contributed by atoms with Crippen molar-refractivity contribution in [3.63, 3.8) is 0 Å². The van der Waals surface area contributed by atoms with E-state index in [1.807, 2.05) is 24.3 Å². The summed E-state index contributed by atoms with van der Waals surface area (Å²) < 4.78 is 17.5. The molecule has 0 aliphatic heterocycles. The van der Waals surface area contributed by atoms with Gasteiger partial charge in [0.25, 0.3) is 0 Å². The number of phenols is 1. The number of aromatic nitrogens is 2. The average molecular weight is 371 g/mol. The molecule has 26 heavy (non-hydrogen) atoms. The summed E-state index contributed by atoms with van der Waals surface area (Å²) in [5.74, 6) is 0.774. The number of benzene rings is 2. The van der Waals surface area contributed by atoms with Crippen LogP contribution in [0.5, 0.6) is 5.75 Å². The maximum atomic E-state index is 13.1. The maximum Gasteiger partial charge on any atom is 0.202 e. The fourth-order valence-corrected chi connectivity index (χ4v) is 3.38. The number of phenolic OH excluding ortho intramolecular Hbond substituents is 1. The molecule has 0 amide bonds. The van der Waals surface area contributed by atoms with Gasteiger partial charge in [-0.1, -0.05) is 38.1 Å². The Kier molecular flexibility index (Phi) is 5.52. The number of hydrogen-bond donors (Lipinski definition) is 2. The normalized spacial score (nSPS) is 11.5. The SMILES string of the molecule is CC(C)(CCNc1nc(Cc2cccc(O)c2)ns1)c1ccc(F)cc1. The van der Waals surface area contributed by atoms with E-state index < -0.39 is 0 Å². The summed E-state index contributed by atoms with van der Waals surface area (Å²) in [6.45, 7) is 5.05. The van der Waals surface area contributed by atoms with Crippen LogP contribution in [0.25, 0.3) is 0 Å². The van der Waals surface area contributed by atoms with E-state index in [0.717, 1.165) is 35.0 Å². The van der Waals surface area contributed by atoms with Gasteiger partial charge in [0.15, 0.2) is 0 Å². The van der Waals surface area contributed by atoms with Gasteiger partial charge >= 0.3 is 0 Å². The van der Waals surface area contributed by atoms with Crippen LogP contribution in [0.2, 0.25) is 0 Å². The molecule has 1 aromatic heterocycles. The van der Waals surface area contributed by atoms with E-state index in [2.05, 4.69) is 28.5 Å². The summed E-state index contributed by atoms with van der Waals surface area (Å²) >= 11 is 1.34. The van der Waals surface area contributed by atoms with E-state index in [0.29, 0.717) is 6.42 Å². The molecule has 3 aromatic rings. The van der Waals surface area contributed by atoms with Crippen LogP contribution in [0.15, 0.2) is 48.5 Å². The largest absolute Gasteiger partial charge is 0.508 e. The van der Waals surface area contributed by atoms with Crippen LogP contribution in [0.4, 0.5) is 9.52 Å². The third-order valence-electron chi connectivity index (χ3n) is 4.39. The third kappa shape index (κ3) is 4.79. The number of anilines is 1. The first kappa shape index (κ1) is 18.3. The quantitative estimate of drug-likeness (QED) is 0.629. The fraction of sp³-hybridized carbons (Fsp3) is 0.300. The summed E-state index contributed by atoms with van der Waals surface area (Å²) in [4.78, 5) is 4.50. The molecule has 0 aliphatic carbocycles. The van der Waals surface area contributed by atoms with Gasteiger partial charge in [-0.05, 0) is 47.2 Å². The monoisotopic (exact) mass is 371 g/mol. The highest BCUT2D eigenvalue weighted by atomic mass is 32.1. The first-order chi connectivity index (χ1) is 12.4. The number of nitrogens with one attached hydrogen (secondary N) is 1. The van der Waals surface area contributed by atoms with Crippen LogP contribution in [-0.4, -0.2) is 21.0 Å². The molecule has 136 valence electrons. The van der Waals surface area contributed by atoms with Gasteiger partial charge in [0.2, 0.25) is 5.13 Å². The average Bonchev–Trinajstić information content (AvgIpc) is 3.02. The van der Waals surface area contributed by atoms with Crippen LogP contribution >= 0.6 is 11.5 Å². The molecule has 0 atom stereocenters. The van der Waals surface area contributed by atoms with Crippen molar-refractivity contribution in [2.24, 2.45) is 0 Å². The fourth-order valence-electron chi connectivity index (χ4n) is 2.77. The van der Waals surface area contributed by atoms with E-state index in [1.165, 1.54) is 23.7 Å². The third-order valence-corrected chi connectivity index (χ3v) is 5.10. The summed E-state index contributed by atoms with van der Waals surface area (Å²) in [5.41, 5.74) is 2.03. The molecule has 0 spiro atoms. The molecule has 3 rings (SSSR count). The number of halogens is 1. The Morgan fingerprint density at radius 3 is 2.65 bits per heavy atom. The van der Waals surface area contributed by atoms with Crippen molar-refractivity contribution in [2.45, 2.75) is 32.1 Å². The Morgan fingerprint density at radius 1 is 1.15 bits per heavy atom. The molecule has 0 bridgehead atoms. The Morgan fingerprint density at radius 2 is 1.92 bits per heavy atom. The molecule has 0 unspecified atom stereocenters. The Hall–Kier alpha value is -2.47. The Bertz CT molecular complexity index is 862. The molecule has 2 N–H and O–H groups in total. The minimum Gasteiger partial charge on any atom is -0.508 e. The molecule has 0 saturated carbocycles. The molecular formula is C20H22FN3OS. The topological polar surface area (TPSA) is 58.0 Å².